The second-order valence-corrected chi connectivity index (χ2v) is 1.25. The second kappa shape index (κ2) is 9.96. The van der Waals surface area contributed by atoms with Crippen LogP contribution in [0, 0.1) is 5.21 Å². The normalized spacial score (nSPS) is 7.50. The highest BCUT2D eigenvalue weighted by molar-refractivity contribution is 4.11. The summed E-state index contributed by atoms with van der Waals surface area (Å²) in [7, 11) is 0. The molecule has 0 aliphatic rings. The second-order valence-electron chi connectivity index (χ2n) is 1.25. The van der Waals surface area contributed by atoms with E-state index in [-0.39, 0.29) is 11.0 Å². The third-order valence-electron chi connectivity index (χ3n) is 0.789. The zero-order valence-corrected chi connectivity index (χ0v) is 5.32. The molecule has 0 atom stereocenters. The number of hydrogen-bond acceptors (Lipinski definition) is 1. The standard InChI is InChI=1S/C4H11NO.2H2O/c1-3-5(6)4-2;;/h5H,3-4H2,1-2H3;2*1H2. The van der Waals surface area contributed by atoms with E-state index < -0.39 is 0 Å². The van der Waals surface area contributed by atoms with Gasteiger partial charge in [-0.15, -0.1) is 0 Å². The van der Waals surface area contributed by atoms with Gasteiger partial charge in [-0.2, -0.15) is 0 Å². The smallest absolute Gasteiger partial charge is 0.0739 e. The lowest BCUT2D eigenvalue weighted by molar-refractivity contribution is -0.843. The number of rotatable bonds is 2. The molecule has 0 aromatic rings. The molecule has 5 N–H and O–H groups in total. The molecular weight excluding hydrogens is 110 g/mol. The van der Waals surface area contributed by atoms with Crippen LogP contribution in [0.1, 0.15) is 13.8 Å². The minimum Gasteiger partial charge on any atom is -0.634 e. The monoisotopic (exact) mass is 125 g/mol. The quantitative estimate of drug-likeness (QED) is 0.415. The highest BCUT2D eigenvalue weighted by atomic mass is 16.5. The summed E-state index contributed by atoms with van der Waals surface area (Å²) in [5.74, 6) is 0. The van der Waals surface area contributed by atoms with E-state index in [9.17, 15) is 5.21 Å². The molecule has 0 radical (unpaired) electrons. The summed E-state index contributed by atoms with van der Waals surface area (Å²) in [6.45, 7) is 5.14. The van der Waals surface area contributed by atoms with Gasteiger partial charge in [0.05, 0.1) is 13.1 Å². The van der Waals surface area contributed by atoms with Crippen molar-refractivity contribution in [2.45, 2.75) is 13.8 Å². The molecule has 0 aromatic heterocycles. The summed E-state index contributed by atoms with van der Waals surface area (Å²) in [6.07, 6.45) is 0. The molecule has 4 heteroatoms. The van der Waals surface area contributed by atoms with Crippen molar-refractivity contribution in [1.29, 1.82) is 0 Å². The van der Waals surface area contributed by atoms with Crippen molar-refractivity contribution in [2.24, 2.45) is 0 Å². The molecule has 0 bridgehead atoms. The predicted molar refractivity (Wildman–Crippen MR) is 32.6 cm³/mol. The van der Waals surface area contributed by atoms with Crippen molar-refractivity contribution in [2.75, 3.05) is 13.1 Å². The molecule has 0 aliphatic carbocycles. The molecule has 0 aromatic carbocycles. The first-order chi connectivity index (χ1) is 2.81. The average molecular weight is 125 g/mol. The Bertz CT molecular complexity index is 30.5. The van der Waals surface area contributed by atoms with Crippen molar-refractivity contribution >= 4 is 0 Å². The fraction of sp³-hybridized carbons (Fsp3) is 1.00. The van der Waals surface area contributed by atoms with Crippen LogP contribution in [0.15, 0.2) is 0 Å². The van der Waals surface area contributed by atoms with E-state index >= 15 is 0 Å². The number of nitrogens with one attached hydrogen (secondary N) is 1. The zero-order valence-electron chi connectivity index (χ0n) is 5.32. The van der Waals surface area contributed by atoms with E-state index in [2.05, 4.69) is 0 Å². The van der Waals surface area contributed by atoms with Gasteiger partial charge < -0.3 is 21.2 Å². The van der Waals surface area contributed by atoms with Crippen LogP contribution in [-0.4, -0.2) is 24.0 Å². The molecule has 0 rings (SSSR count). The summed E-state index contributed by atoms with van der Waals surface area (Å²) >= 11 is 0. The zero-order chi connectivity index (χ0) is 4.99. The van der Waals surface area contributed by atoms with Crippen LogP contribution in [0.4, 0.5) is 0 Å². The Labute approximate surface area is 49.3 Å². The van der Waals surface area contributed by atoms with Crippen molar-refractivity contribution < 1.29 is 16.0 Å². The van der Waals surface area contributed by atoms with E-state index in [1.54, 1.807) is 0 Å². The van der Waals surface area contributed by atoms with Crippen LogP contribution >= 0.6 is 0 Å². The third kappa shape index (κ3) is 9.28. The third-order valence-corrected chi connectivity index (χ3v) is 0.789. The summed E-state index contributed by atoms with van der Waals surface area (Å²) in [5.41, 5.74) is 0. The molecule has 0 saturated carbocycles. The lowest BCUT2D eigenvalue weighted by atomic mass is 10.6. The van der Waals surface area contributed by atoms with Crippen molar-refractivity contribution in [3.8, 4) is 0 Å². The molecule has 0 spiro atoms. The van der Waals surface area contributed by atoms with E-state index in [1.807, 2.05) is 13.8 Å². The highest BCUT2D eigenvalue weighted by Gasteiger charge is 1.78. The topological polar surface area (TPSA) is 90.5 Å². The molecule has 0 saturated heterocycles. The minimum atomic E-state index is 0. The van der Waals surface area contributed by atoms with Gasteiger partial charge in [0.1, 0.15) is 0 Å². The van der Waals surface area contributed by atoms with Gasteiger partial charge >= 0.3 is 0 Å². The van der Waals surface area contributed by atoms with Gasteiger partial charge in [0.25, 0.3) is 0 Å². The SMILES string of the molecule is CC[NH+]([O-])CC.O.O. The number of hydroxylamine groups is 2. The van der Waals surface area contributed by atoms with Crippen LogP contribution < -0.4 is 5.06 Å². The Balaban J connectivity index is -0.000000125. The number of quaternary nitrogens is 1. The van der Waals surface area contributed by atoms with Gasteiger partial charge in [-0.3, -0.25) is 0 Å². The molecule has 54 valence electrons. The van der Waals surface area contributed by atoms with Gasteiger partial charge in [-0.05, 0) is 13.8 Å². The summed E-state index contributed by atoms with van der Waals surface area (Å²) < 4.78 is 0. The van der Waals surface area contributed by atoms with Crippen LogP contribution in [0.3, 0.4) is 0 Å². The number of hydrogen-bond donors (Lipinski definition) is 1. The van der Waals surface area contributed by atoms with Crippen molar-refractivity contribution in [3.05, 3.63) is 5.21 Å². The molecule has 8 heavy (non-hydrogen) atoms. The van der Waals surface area contributed by atoms with Crippen LogP contribution in [0.25, 0.3) is 0 Å². The van der Waals surface area contributed by atoms with Crippen LogP contribution in [0.5, 0.6) is 0 Å². The van der Waals surface area contributed by atoms with E-state index in [0.717, 1.165) is 0 Å². The maximum atomic E-state index is 10.2. The van der Waals surface area contributed by atoms with E-state index in [1.165, 1.54) is 0 Å². The van der Waals surface area contributed by atoms with Crippen molar-refractivity contribution in [3.63, 3.8) is 0 Å². The molecule has 0 aliphatic heterocycles. The highest BCUT2D eigenvalue weighted by Crippen LogP contribution is 1.38. The molecule has 0 fully saturated rings. The Morgan fingerprint density at radius 3 is 1.38 bits per heavy atom. The van der Waals surface area contributed by atoms with Gasteiger partial charge in [-0.1, -0.05) is 0 Å². The molecule has 4 nitrogen and oxygen atoms in total. The molecule has 0 heterocycles. The van der Waals surface area contributed by atoms with E-state index in [0.29, 0.717) is 18.2 Å². The minimum absolute atomic E-state index is 0. The van der Waals surface area contributed by atoms with Crippen LogP contribution in [-0.2, 0) is 0 Å². The summed E-state index contributed by atoms with van der Waals surface area (Å²) in [5, 5.41) is 10.5. The Hall–Kier alpha value is -0.160. The largest absolute Gasteiger partial charge is 0.634 e. The average Bonchev–Trinajstić information content (AvgIpc) is 1.65. The predicted octanol–water partition coefficient (Wildman–Crippen LogP) is -2.24. The first-order valence-electron chi connectivity index (χ1n) is 2.33. The van der Waals surface area contributed by atoms with Gasteiger partial charge in [0, 0.05) is 0 Å². The first-order valence-corrected chi connectivity index (χ1v) is 2.33. The van der Waals surface area contributed by atoms with E-state index in [4.69, 9.17) is 0 Å². The lowest BCUT2D eigenvalue weighted by Gasteiger charge is -2.16. The first kappa shape index (κ1) is 15.7. The van der Waals surface area contributed by atoms with Crippen molar-refractivity contribution in [1.82, 2.24) is 0 Å². The van der Waals surface area contributed by atoms with Crippen LogP contribution in [0.2, 0.25) is 0 Å². The maximum Gasteiger partial charge on any atom is 0.0739 e. The fourth-order valence-electron chi connectivity index (χ4n) is 0.250. The molecule has 0 amide bonds. The van der Waals surface area contributed by atoms with Gasteiger partial charge in [-0.25, -0.2) is 0 Å². The fourth-order valence-corrected chi connectivity index (χ4v) is 0.250. The summed E-state index contributed by atoms with van der Waals surface area (Å²) in [4.78, 5) is 0. The lowest BCUT2D eigenvalue weighted by Crippen LogP contribution is -3.06. The van der Waals surface area contributed by atoms with Gasteiger partial charge in [0.2, 0.25) is 0 Å². The molecular formula is C4H15NO3. The Kier molecular flexibility index (Phi) is 19.5. The maximum absolute atomic E-state index is 10.2. The summed E-state index contributed by atoms with van der Waals surface area (Å²) in [6, 6.07) is 0. The molecule has 0 unspecified atom stereocenters. The Morgan fingerprint density at radius 2 is 1.38 bits per heavy atom. The Morgan fingerprint density at radius 1 is 1.12 bits per heavy atom. The van der Waals surface area contributed by atoms with Gasteiger partial charge in [0.15, 0.2) is 0 Å².